The van der Waals surface area contributed by atoms with Crippen molar-refractivity contribution in [2.75, 3.05) is 0 Å². The molecule has 0 aliphatic heterocycles. The summed E-state index contributed by atoms with van der Waals surface area (Å²) in [6, 6.07) is 6.59. The summed E-state index contributed by atoms with van der Waals surface area (Å²) in [4.78, 5) is 11.8. The van der Waals surface area contributed by atoms with E-state index in [4.69, 9.17) is 0 Å². The molecule has 3 nitrogen and oxygen atoms in total. The minimum Gasteiger partial charge on any atom is -0.508 e. The van der Waals surface area contributed by atoms with Crippen LogP contribution >= 0.6 is 0 Å². The van der Waals surface area contributed by atoms with Crippen molar-refractivity contribution in [2.24, 2.45) is 5.92 Å². The Morgan fingerprint density at radius 2 is 2.05 bits per heavy atom. The zero-order valence-electron chi connectivity index (χ0n) is 10.5. The Balaban J connectivity index is 1.82. The Bertz CT molecular complexity index is 453. The zero-order chi connectivity index (χ0) is 13.9. The number of hydrogen-bond donors (Lipinski definition) is 2. The maximum Gasteiger partial charge on any atom is 0.248 e. The normalized spacial score (nSPS) is 19.1. The van der Waals surface area contributed by atoms with E-state index in [0.29, 0.717) is 6.54 Å². The van der Waals surface area contributed by atoms with Crippen molar-refractivity contribution in [1.82, 2.24) is 5.32 Å². The van der Waals surface area contributed by atoms with Crippen LogP contribution in [0.1, 0.15) is 31.2 Å². The Kier molecular flexibility index (Phi) is 4.02. The fourth-order valence-electron chi connectivity index (χ4n) is 2.30. The van der Waals surface area contributed by atoms with Crippen LogP contribution in [0.4, 0.5) is 8.78 Å². The molecule has 1 amide bonds. The molecular formula is C14H17F2NO2. The van der Waals surface area contributed by atoms with Gasteiger partial charge in [-0.15, -0.1) is 0 Å². The first-order valence-corrected chi connectivity index (χ1v) is 6.40. The van der Waals surface area contributed by atoms with Crippen molar-refractivity contribution < 1.29 is 18.7 Å². The molecular weight excluding hydrogens is 252 g/mol. The third-order valence-corrected chi connectivity index (χ3v) is 3.47. The van der Waals surface area contributed by atoms with Crippen LogP contribution in [0.25, 0.3) is 0 Å². The zero-order valence-corrected chi connectivity index (χ0v) is 10.5. The van der Waals surface area contributed by atoms with E-state index in [9.17, 15) is 18.7 Å². The molecule has 0 atom stereocenters. The summed E-state index contributed by atoms with van der Waals surface area (Å²) in [6.07, 6.45) is 0.0478. The number of phenols is 1. The van der Waals surface area contributed by atoms with E-state index >= 15 is 0 Å². The lowest BCUT2D eigenvalue weighted by atomic mass is 9.86. The van der Waals surface area contributed by atoms with E-state index in [1.165, 1.54) is 0 Å². The van der Waals surface area contributed by atoms with Gasteiger partial charge in [0.05, 0.1) is 0 Å². The van der Waals surface area contributed by atoms with Crippen molar-refractivity contribution in [1.29, 1.82) is 0 Å². The predicted molar refractivity (Wildman–Crippen MR) is 66.9 cm³/mol. The Morgan fingerprint density at radius 1 is 1.37 bits per heavy atom. The summed E-state index contributed by atoms with van der Waals surface area (Å²) < 4.78 is 26.0. The van der Waals surface area contributed by atoms with Crippen LogP contribution in [-0.4, -0.2) is 16.9 Å². The van der Waals surface area contributed by atoms with Gasteiger partial charge in [0.2, 0.25) is 11.8 Å². The molecule has 1 saturated carbocycles. The number of rotatable bonds is 3. The molecule has 0 saturated heterocycles. The Morgan fingerprint density at radius 3 is 2.68 bits per heavy atom. The highest BCUT2D eigenvalue weighted by atomic mass is 19.3. The van der Waals surface area contributed by atoms with Gasteiger partial charge in [0.1, 0.15) is 5.75 Å². The maximum absolute atomic E-state index is 13.0. The molecule has 0 aromatic heterocycles. The van der Waals surface area contributed by atoms with Crippen molar-refractivity contribution in [3.63, 3.8) is 0 Å². The third-order valence-electron chi connectivity index (χ3n) is 3.47. The van der Waals surface area contributed by atoms with Gasteiger partial charge >= 0.3 is 0 Å². The number of phenolic OH excluding ortho intramolecular Hbond substituents is 1. The highest BCUT2D eigenvalue weighted by Crippen LogP contribution is 2.36. The smallest absolute Gasteiger partial charge is 0.248 e. The Labute approximate surface area is 110 Å². The minimum absolute atomic E-state index is 0.143. The molecule has 1 aromatic rings. The van der Waals surface area contributed by atoms with Gasteiger partial charge < -0.3 is 10.4 Å². The topological polar surface area (TPSA) is 49.3 Å². The van der Waals surface area contributed by atoms with Crippen LogP contribution in [0.3, 0.4) is 0 Å². The number of hydrogen-bond acceptors (Lipinski definition) is 2. The van der Waals surface area contributed by atoms with Gasteiger partial charge in [-0.25, -0.2) is 8.78 Å². The molecule has 1 fully saturated rings. The van der Waals surface area contributed by atoms with Gasteiger partial charge in [-0.2, -0.15) is 0 Å². The molecule has 19 heavy (non-hydrogen) atoms. The summed E-state index contributed by atoms with van der Waals surface area (Å²) in [5.74, 6) is -2.97. The van der Waals surface area contributed by atoms with Gasteiger partial charge in [-0.3, -0.25) is 4.79 Å². The highest BCUT2D eigenvalue weighted by molar-refractivity contribution is 5.78. The standard InChI is InChI=1S/C14H17F2NO2/c15-14(16)6-4-11(5-7-14)13(19)17-9-10-2-1-3-12(18)8-10/h1-3,8,11,18H,4-7,9H2,(H,17,19). The molecule has 0 heterocycles. The molecule has 2 N–H and O–H groups in total. The molecule has 0 radical (unpaired) electrons. The molecule has 104 valence electrons. The highest BCUT2D eigenvalue weighted by Gasteiger charge is 2.37. The van der Waals surface area contributed by atoms with Crippen molar-refractivity contribution in [2.45, 2.75) is 38.2 Å². The molecule has 5 heteroatoms. The maximum atomic E-state index is 13.0. The number of carbonyl (C=O) groups is 1. The average Bonchev–Trinajstić information content (AvgIpc) is 2.36. The third kappa shape index (κ3) is 3.91. The van der Waals surface area contributed by atoms with Gasteiger partial charge in [-0.05, 0) is 30.5 Å². The average molecular weight is 269 g/mol. The summed E-state index contributed by atoms with van der Waals surface area (Å²) in [5, 5.41) is 12.0. The summed E-state index contributed by atoms with van der Waals surface area (Å²) in [6.45, 7) is 0.306. The molecule has 1 aliphatic carbocycles. The summed E-state index contributed by atoms with van der Waals surface area (Å²) >= 11 is 0. The Hall–Kier alpha value is -1.65. The molecule has 0 unspecified atom stereocenters. The first-order valence-electron chi connectivity index (χ1n) is 6.40. The van der Waals surface area contributed by atoms with E-state index in [-0.39, 0.29) is 43.3 Å². The fourth-order valence-corrected chi connectivity index (χ4v) is 2.30. The van der Waals surface area contributed by atoms with Crippen molar-refractivity contribution in [3.05, 3.63) is 29.8 Å². The monoisotopic (exact) mass is 269 g/mol. The van der Waals surface area contributed by atoms with Crippen molar-refractivity contribution in [3.8, 4) is 5.75 Å². The van der Waals surface area contributed by atoms with Crippen LogP contribution in [0.2, 0.25) is 0 Å². The largest absolute Gasteiger partial charge is 0.508 e. The van der Waals surface area contributed by atoms with Crippen LogP contribution in [-0.2, 0) is 11.3 Å². The number of benzene rings is 1. The van der Waals surface area contributed by atoms with Crippen LogP contribution in [0, 0.1) is 5.92 Å². The van der Waals surface area contributed by atoms with Gasteiger partial charge in [0, 0.05) is 25.3 Å². The predicted octanol–water partition coefficient (Wildman–Crippen LogP) is 2.83. The van der Waals surface area contributed by atoms with Crippen LogP contribution in [0.5, 0.6) is 5.75 Å². The molecule has 1 aromatic carbocycles. The second-order valence-corrected chi connectivity index (χ2v) is 5.02. The number of carbonyl (C=O) groups excluding carboxylic acids is 1. The lowest BCUT2D eigenvalue weighted by molar-refractivity contribution is -0.129. The van der Waals surface area contributed by atoms with E-state index in [1.807, 2.05) is 0 Å². The first kappa shape index (κ1) is 13.8. The van der Waals surface area contributed by atoms with Gasteiger partial charge in [-0.1, -0.05) is 12.1 Å². The molecule has 0 spiro atoms. The number of nitrogens with one attached hydrogen (secondary N) is 1. The number of amides is 1. The quantitative estimate of drug-likeness (QED) is 0.886. The van der Waals surface area contributed by atoms with Gasteiger partial charge in [0.25, 0.3) is 0 Å². The van der Waals surface area contributed by atoms with Crippen LogP contribution in [0.15, 0.2) is 24.3 Å². The first-order chi connectivity index (χ1) is 8.96. The van der Waals surface area contributed by atoms with E-state index in [2.05, 4.69) is 5.32 Å². The number of halogens is 2. The summed E-state index contributed by atoms with van der Waals surface area (Å²) in [5.41, 5.74) is 0.787. The second kappa shape index (κ2) is 5.55. The SMILES string of the molecule is O=C(NCc1cccc(O)c1)C1CCC(F)(F)CC1. The fraction of sp³-hybridized carbons (Fsp3) is 0.500. The van der Waals surface area contributed by atoms with Gasteiger partial charge in [0.15, 0.2) is 0 Å². The van der Waals surface area contributed by atoms with E-state index in [0.717, 1.165) is 5.56 Å². The summed E-state index contributed by atoms with van der Waals surface area (Å²) in [7, 11) is 0. The second-order valence-electron chi connectivity index (χ2n) is 5.02. The van der Waals surface area contributed by atoms with E-state index < -0.39 is 5.92 Å². The van der Waals surface area contributed by atoms with Crippen molar-refractivity contribution >= 4 is 5.91 Å². The van der Waals surface area contributed by atoms with Crippen LogP contribution < -0.4 is 5.32 Å². The lowest BCUT2D eigenvalue weighted by Gasteiger charge is -2.27. The number of alkyl halides is 2. The van der Waals surface area contributed by atoms with E-state index in [1.54, 1.807) is 24.3 Å². The molecule has 0 bridgehead atoms. The minimum atomic E-state index is -2.61. The molecule has 1 aliphatic rings. The molecule has 2 rings (SSSR count). The number of aromatic hydroxyl groups is 1. The lowest BCUT2D eigenvalue weighted by Crippen LogP contribution is -2.35.